The van der Waals surface area contributed by atoms with Gasteiger partial charge in [0.15, 0.2) is 0 Å². The molecule has 0 saturated heterocycles. The Balaban J connectivity index is 3.26. The SMILES string of the molecule is CC#CCCNCC(=O)NCCC#N. The van der Waals surface area contributed by atoms with Crippen LogP contribution in [0.2, 0.25) is 0 Å². The summed E-state index contributed by atoms with van der Waals surface area (Å²) in [5, 5.41) is 13.8. The lowest BCUT2D eigenvalue weighted by atomic mass is 10.4. The quantitative estimate of drug-likeness (QED) is 0.461. The number of carbonyl (C=O) groups excluding carboxylic acids is 1. The zero-order valence-corrected chi connectivity index (χ0v) is 8.39. The molecule has 0 fully saturated rings. The molecule has 0 aromatic rings. The monoisotopic (exact) mass is 193 g/mol. The minimum atomic E-state index is -0.0790. The maximum absolute atomic E-state index is 11.0. The van der Waals surface area contributed by atoms with Gasteiger partial charge in [-0.25, -0.2) is 0 Å². The van der Waals surface area contributed by atoms with Gasteiger partial charge in [-0.1, -0.05) is 0 Å². The molecule has 0 aliphatic heterocycles. The summed E-state index contributed by atoms with van der Waals surface area (Å²) in [5.41, 5.74) is 0. The van der Waals surface area contributed by atoms with Crippen LogP contribution in [0.15, 0.2) is 0 Å². The van der Waals surface area contributed by atoms with E-state index in [0.717, 1.165) is 6.42 Å². The molecule has 0 aliphatic carbocycles. The predicted octanol–water partition coefficient (Wildman–Crippen LogP) is 0.0193. The molecule has 0 heterocycles. The van der Waals surface area contributed by atoms with Crippen LogP contribution in [0.1, 0.15) is 19.8 Å². The second-order valence-corrected chi connectivity index (χ2v) is 2.61. The van der Waals surface area contributed by atoms with Crippen LogP contribution < -0.4 is 10.6 Å². The van der Waals surface area contributed by atoms with Gasteiger partial charge in [0.25, 0.3) is 0 Å². The number of nitriles is 1. The average molecular weight is 193 g/mol. The van der Waals surface area contributed by atoms with E-state index in [9.17, 15) is 4.79 Å². The molecule has 76 valence electrons. The largest absolute Gasteiger partial charge is 0.354 e. The van der Waals surface area contributed by atoms with Crippen LogP contribution in [-0.2, 0) is 4.79 Å². The zero-order valence-electron chi connectivity index (χ0n) is 8.39. The van der Waals surface area contributed by atoms with Crippen molar-refractivity contribution in [2.24, 2.45) is 0 Å². The highest BCUT2D eigenvalue weighted by molar-refractivity contribution is 5.77. The van der Waals surface area contributed by atoms with E-state index < -0.39 is 0 Å². The second-order valence-electron chi connectivity index (χ2n) is 2.61. The van der Waals surface area contributed by atoms with Gasteiger partial charge in [0.05, 0.1) is 19.0 Å². The first-order chi connectivity index (χ1) is 6.81. The fourth-order valence-corrected chi connectivity index (χ4v) is 0.798. The molecular weight excluding hydrogens is 178 g/mol. The van der Waals surface area contributed by atoms with Crippen molar-refractivity contribution in [3.63, 3.8) is 0 Å². The Morgan fingerprint density at radius 1 is 1.36 bits per heavy atom. The fraction of sp³-hybridized carbons (Fsp3) is 0.600. The van der Waals surface area contributed by atoms with Crippen molar-refractivity contribution < 1.29 is 4.79 Å². The second kappa shape index (κ2) is 9.57. The summed E-state index contributed by atoms with van der Waals surface area (Å²) in [7, 11) is 0. The fourth-order valence-electron chi connectivity index (χ4n) is 0.798. The van der Waals surface area contributed by atoms with Gasteiger partial charge in [0.1, 0.15) is 0 Å². The minimum Gasteiger partial charge on any atom is -0.354 e. The van der Waals surface area contributed by atoms with E-state index in [2.05, 4.69) is 22.5 Å². The molecule has 0 aromatic carbocycles. The van der Waals surface area contributed by atoms with Crippen molar-refractivity contribution in [1.82, 2.24) is 10.6 Å². The Kier molecular flexibility index (Phi) is 8.53. The molecule has 0 aromatic heterocycles. The highest BCUT2D eigenvalue weighted by Gasteiger charge is 1.97. The molecular formula is C10H15N3O. The first-order valence-corrected chi connectivity index (χ1v) is 4.55. The molecule has 0 atom stereocenters. The summed E-state index contributed by atoms with van der Waals surface area (Å²) in [6, 6.07) is 1.95. The Labute approximate surface area is 84.7 Å². The molecule has 0 radical (unpaired) electrons. The Hall–Kier alpha value is -1.52. The van der Waals surface area contributed by atoms with E-state index in [1.165, 1.54) is 0 Å². The standard InChI is InChI=1S/C10H15N3O/c1-2-3-4-7-12-9-10(14)13-8-5-6-11/h12H,4-5,7-9H2,1H3,(H,13,14). The third-order valence-electron chi connectivity index (χ3n) is 1.45. The number of nitrogens with zero attached hydrogens (tertiary/aromatic N) is 1. The summed E-state index contributed by atoms with van der Waals surface area (Å²) < 4.78 is 0. The van der Waals surface area contributed by atoms with Crippen molar-refractivity contribution in [3.8, 4) is 17.9 Å². The number of hydrogen-bond acceptors (Lipinski definition) is 3. The Morgan fingerprint density at radius 2 is 2.14 bits per heavy atom. The van der Waals surface area contributed by atoms with Gasteiger partial charge in [-0.3, -0.25) is 4.79 Å². The van der Waals surface area contributed by atoms with Crippen LogP contribution in [-0.4, -0.2) is 25.5 Å². The zero-order chi connectivity index (χ0) is 10.6. The molecule has 4 heteroatoms. The van der Waals surface area contributed by atoms with Crippen molar-refractivity contribution in [1.29, 1.82) is 5.26 Å². The molecule has 14 heavy (non-hydrogen) atoms. The third-order valence-corrected chi connectivity index (χ3v) is 1.45. The number of nitrogens with one attached hydrogen (secondary N) is 2. The van der Waals surface area contributed by atoms with Gasteiger partial charge in [0.2, 0.25) is 5.91 Å². The first kappa shape index (κ1) is 12.5. The van der Waals surface area contributed by atoms with Crippen LogP contribution >= 0.6 is 0 Å². The lowest BCUT2D eigenvalue weighted by Gasteiger charge is -2.02. The number of carbonyl (C=O) groups is 1. The highest BCUT2D eigenvalue weighted by atomic mass is 16.1. The van der Waals surface area contributed by atoms with Crippen LogP contribution in [0.3, 0.4) is 0 Å². The Bertz CT molecular complexity index is 257. The lowest BCUT2D eigenvalue weighted by Crippen LogP contribution is -2.34. The number of hydrogen-bond donors (Lipinski definition) is 2. The molecule has 2 N–H and O–H groups in total. The molecule has 1 amide bonds. The molecule has 0 aliphatic rings. The maximum Gasteiger partial charge on any atom is 0.233 e. The summed E-state index contributed by atoms with van der Waals surface area (Å²) >= 11 is 0. The van der Waals surface area contributed by atoms with Crippen molar-refractivity contribution in [3.05, 3.63) is 0 Å². The Morgan fingerprint density at radius 3 is 2.79 bits per heavy atom. The van der Waals surface area contributed by atoms with Gasteiger partial charge in [-0.2, -0.15) is 5.26 Å². The summed E-state index contributed by atoms with van der Waals surface area (Å²) in [5.74, 6) is 5.58. The van der Waals surface area contributed by atoms with Crippen LogP contribution in [0.5, 0.6) is 0 Å². The van der Waals surface area contributed by atoms with Gasteiger partial charge >= 0.3 is 0 Å². The topological polar surface area (TPSA) is 64.9 Å². The van der Waals surface area contributed by atoms with Gasteiger partial charge in [-0.15, -0.1) is 11.8 Å². The predicted molar refractivity (Wildman–Crippen MR) is 54.2 cm³/mol. The van der Waals surface area contributed by atoms with Crippen LogP contribution in [0.25, 0.3) is 0 Å². The summed E-state index contributed by atoms with van der Waals surface area (Å²) in [4.78, 5) is 11.0. The molecule has 4 nitrogen and oxygen atoms in total. The molecule has 0 spiro atoms. The normalized spacial score (nSPS) is 8.29. The number of rotatable bonds is 6. The maximum atomic E-state index is 11.0. The van der Waals surface area contributed by atoms with Crippen molar-refractivity contribution >= 4 is 5.91 Å². The van der Waals surface area contributed by atoms with E-state index in [4.69, 9.17) is 5.26 Å². The molecule has 0 rings (SSSR count). The highest BCUT2D eigenvalue weighted by Crippen LogP contribution is 1.73. The van der Waals surface area contributed by atoms with Gasteiger partial charge in [0, 0.05) is 19.5 Å². The first-order valence-electron chi connectivity index (χ1n) is 4.55. The summed E-state index contributed by atoms with van der Waals surface area (Å²) in [6.45, 7) is 3.21. The lowest BCUT2D eigenvalue weighted by molar-refractivity contribution is -0.120. The van der Waals surface area contributed by atoms with Crippen molar-refractivity contribution in [2.45, 2.75) is 19.8 Å². The third kappa shape index (κ3) is 8.58. The molecule has 0 saturated carbocycles. The minimum absolute atomic E-state index is 0.0790. The molecule has 0 bridgehead atoms. The smallest absolute Gasteiger partial charge is 0.233 e. The summed E-state index contributed by atoms with van der Waals surface area (Å²) in [6.07, 6.45) is 1.11. The van der Waals surface area contributed by atoms with E-state index in [1.54, 1.807) is 6.92 Å². The van der Waals surface area contributed by atoms with E-state index in [1.807, 2.05) is 6.07 Å². The van der Waals surface area contributed by atoms with E-state index >= 15 is 0 Å². The van der Waals surface area contributed by atoms with Crippen LogP contribution in [0.4, 0.5) is 0 Å². The van der Waals surface area contributed by atoms with E-state index in [0.29, 0.717) is 19.5 Å². The van der Waals surface area contributed by atoms with Crippen molar-refractivity contribution in [2.75, 3.05) is 19.6 Å². The van der Waals surface area contributed by atoms with Gasteiger partial charge in [-0.05, 0) is 6.92 Å². The van der Waals surface area contributed by atoms with Crippen LogP contribution in [0, 0.1) is 23.2 Å². The average Bonchev–Trinajstić information content (AvgIpc) is 2.18. The number of amides is 1. The molecule has 0 unspecified atom stereocenters. The van der Waals surface area contributed by atoms with E-state index in [-0.39, 0.29) is 12.5 Å². The van der Waals surface area contributed by atoms with Gasteiger partial charge < -0.3 is 10.6 Å².